The van der Waals surface area contributed by atoms with Gasteiger partial charge in [-0.3, -0.25) is 0 Å². The highest BCUT2D eigenvalue weighted by Crippen LogP contribution is 2.04. The molecule has 5 nitrogen and oxygen atoms in total. The fourth-order valence-corrected chi connectivity index (χ4v) is 1.49. The molecule has 0 aromatic heterocycles. The minimum Gasteiger partial charge on any atom is -0.491 e. The van der Waals surface area contributed by atoms with Crippen LogP contribution in [0.5, 0.6) is 0 Å². The zero-order valence-electron chi connectivity index (χ0n) is 12.3. The number of hydrogen-bond donors (Lipinski definition) is 1. The number of rotatable bonds is 13. The van der Waals surface area contributed by atoms with Crippen LogP contribution in [0.15, 0.2) is 42.7 Å². The summed E-state index contributed by atoms with van der Waals surface area (Å²) >= 11 is 0. The Morgan fingerprint density at radius 3 is 2.19 bits per heavy atom. The van der Waals surface area contributed by atoms with Gasteiger partial charge in [0, 0.05) is 0 Å². The Bertz CT molecular complexity index is 366. The van der Waals surface area contributed by atoms with Crippen LogP contribution in [0.1, 0.15) is 5.56 Å². The Balaban J connectivity index is 1.89. The molecular formula is C16H24O5. The maximum absolute atomic E-state index is 8.50. The quantitative estimate of drug-likeness (QED) is 0.444. The summed E-state index contributed by atoms with van der Waals surface area (Å²) in [6.07, 6.45) is 0. The van der Waals surface area contributed by atoms with Crippen molar-refractivity contribution in [1.82, 2.24) is 0 Å². The molecule has 0 spiro atoms. The van der Waals surface area contributed by atoms with E-state index in [9.17, 15) is 0 Å². The summed E-state index contributed by atoms with van der Waals surface area (Å²) in [7, 11) is 0. The van der Waals surface area contributed by atoms with E-state index in [1.807, 2.05) is 30.3 Å². The minimum absolute atomic E-state index is 0.0359. The normalized spacial score (nSPS) is 10.5. The maximum atomic E-state index is 8.50. The highest BCUT2D eigenvalue weighted by Gasteiger charge is 1.97. The fraction of sp³-hybridized carbons (Fsp3) is 0.500. The minimum atomic E-state index is 0.0359. The number of aliphatic hydroxyl groups is 1. The van der Waals surface area contributed by atoms with E-state index in [1.54, 1.807) is 0 Å². The molecular weight excluding hydrogens is 272 g/mol. The lowest BCUT2D eigenvalue weighted by atomic mass is 10.2. The fourth-order valence-electron chi connectivity index (χ4n) is 1.49. The highest BCUT2D eigenvalue weighted by atomic mass is 16.6. The summed E-state index contributed by atoms with van der Waals surface area (Å²) in [5, 5.41) is 8.50. The molecule has 0 unspecified atom stereocenters. The summed E-state index contributed by atoms with van der Waals surface area (Å²) in [4.78, 5) is 0. The lowest BCUT2D eigenvalue weighted by Gasteiger charge is -2.10. The number of ether oxygens (including phenoxy) is 4. The summed E-state index contributed by atoms with van der Waals surface area (Å²) in [6, 6.07) is 9.91. The first kappa shape index (κ1) is 17.7. The molecule has 5 heteroatoms. The third kappa shape index (κ3) is 10.0. The lowest BCUT2D eigenvalue weighted by Crippen LogP contribution is -2.11. The summed E-state index contributed by atoms with van der Waals surface area (Å²) < 4.78 is 21.2. The highest BCUT2D eigenvalue weighted by molar-refractivity contribution is 5.13. The van der Waals surface area contributed by atoms with E-state index in [0.717, 1.165) is 5.56 Å². The molecule has 0 aliphatic rings. The van der Waals surface area contributed by atoms with Crippen molar-refractivity contribution in [2.75, 3.05) is 46.2 Å². The lowest BCUT2D eigenvalue weighted by molar-refractivity contribution is 0.00509. The molecule has 0 amide bonds. The second-order valence-electron chi connectivity index (χ2n) is 4.31. The largest absolute Gasteiger partial charge is 0.491 e. The Labute approximate surface area is 126 Å². The van der Waals surface area contributed by atoms with Crippen LogP contribution in [-0.4, -0.2) is 51.4 Å². The Hall–Kier alpha value is -1.40. The van der Waals surface area contributed by atoms with Gasteiger partial charge in [-0.15, -0.1) is 0 Å². The first-order valence-electron chi connectivity index (χ1n) is 7.01. The predicted octanol–water partition coefficient (Wildman–Crippen LogP) is 1.76. The van der Waals surface area contributed by atoms with Gasteiger partial charge >= 0.3 is 0 Å². The van der Waals surface area contributed by atoms with Gasteiger partial charge in [-0.25, -0.2) is 0 Å². The monoisotopic (exact) mass is 296 g/mol. The number of aliphatic hydroxyl groups excluding tert-OH is 1. The molecule has 0 saturated heterocycles. The first-order valence-corrected chi connectivity index (χ1v) is 7.01. The van der Waals surface area contributed by atoms with Crippen molar-refractivity contribution in [1.29, 1.82) is 0 Å². The van der Waals surface area contributed by atoms with Crippen LogP contribution in [0.25, 0.3) is 0 Å². The molecule has 21 heavy (non-hydrogen) atoms. The zero-order chi connectivity index (χ0) is 15.2. The standard InChI is InChI=1S/C16H24O5/c1-15(21-14-16-5-3-2-4-6-16)13-20-12-11-19-10-9-18-8-7-17/h2-6,17H,1,7-14H2. The van der Waals surface area contributed by atoms with Crippen molar-refractivity contribution in [2.45, 2.75) is 6.61 Å². The van der Waals surface area contributed by atoms with Gasteiger partial charge in [0.2, 0.25) is 0 Å². The van der Waals surface area contributed by atoms with Crippen LogP contribution < -0.4 is 0 Å². The molecule has 0 bridgehead atoms. The van der Waals surface area contributed by atoms with Gasteiger partial charge in [-0.2, -0.15) is 0 Å². The second-order valence-corrected chi connectivity index (χ2v) is 4.31. The van der Waals surface area contributed by atoms with Gasteiger partial charge in [-0.05, 0) is 5.56 Å². The third-order valence-electron chi connectivity index (χ3n) is 2.53. The Morgan fingerprint density at radius 1 is 0.905 bits per heavy atom. The molecule has 1 rings (SSSR count). The van der Waals surface area contributed by atoms with Crippen molar-refractivity contribution >= 4 is 0 Å². The van der Waals surface area contributed by atoms with E-state index in [1.165, 1.54) is 0 Å². The van der Waals surface area contributed by atoms with E-state index in [-0.39, 0.29) is 6.61 Å². The van der Waals surface area contributed by atoms with Crippen molar-refractivity contribution < 1.29 is 24.1 Å². The average molecular weight is 296 g/mol. The molecule has 0 atom stereocenters. The first-order chi connectivity index (χ1) is 10.3. The molecule has 0 fully saturated rings. The molecule has 118 valence electrons. The van der Waals surface area contributed by atoms with Gasteiger partial charge in [0.15, 0.2) is 0 Å². The third-order valence-corrected chi connectivity index (χ3v) is 2.53. The van der Waals surface area contributed by atoms with E-state index < -0.39 is 0 Å². The van der Waals surface area contributed by atoms with E-state index >= 15 is 0 Å². The maximum Gasteiger partial charge on any atom is 0.115 e. The SMILES string of the molecule is C=C(COCCOCCOCCO)OCc1ccccc1. The van der Waals surface area contributed by atoms with E-state index in [2.05, 4.69) is 6.58 Å². The van der Waals surface area contributed by atoms with Crippen LogP contribution in [0.2, 0.25) is 0 Å². The molecule has 0 saturated carbocycles. The topological polar surface area (TPSA) is 57.2 Å². The predicted molar refractivity (Wildman–Crippen MR) is 79.9 cm³/mol. The van der Waals surface area contributed by atoms with Crippen molar-refractivity contribution in [3.05, 3.63) is 48.2 Å². The van der Waals surface area contributed by atoms with Crippen LogP contribution in [0.3, 0.4) is 0 Å². The molecule has 1 N–H and O–H groups in total. The van der Waals surface area contributed by atoms with Gasteiger partial charge in [0.1, 0.15) is 19.0 Å². The smallest absolute Gasteiger partial charge is 0.115 e. The summed E-state index contributed by atoms with van der Waals surface area (Å²) in [5.41, 5.74) is 1.10. The number of hydrogen-bond acceptors (Lipinski definition) is 5. The van der Waals surface area contributed by atoms with Crippen LogP contribution in [-0.2, 0) is 25.6 Å². The second kappa shape index (κ2) is 12.3. The summed E-state index contributed by atoms with van der Waals surface area (Å²) in [5.74, 6) is 0.602. The van der Waals surface area contributed by atoms with Crippen LogP contribution >= 0.6 is 0 Å². The van der Waals surface area contributed by atoms with Crippen molar-refractivity contribution in [3.63, 3.8) is 0 Å². The zero-order valence-corrected chi connectivity index (χ0v) is 12.3. The summed E-state index contributed by atoms with van der Waals surface area (Å²) in [6.45, 7) is 7.00. The molecule has 1 aromatic carbocycles. The Kier molecular flexibility index (Phi) is 10.4. The van der Waals surface area contributed by atoms with Gasteiger partial charge in [0.05, 0.1) is 39.6 Å². The molecule has 1 aromatic rings. The van der Waals surface area contributed by atoms with Gasteiger partial charge < -0.3 is 24.1 Å². The molecule has 0 heterocycles. The van der Waals surface area contributed by atoms with Crippen molar-refractivity contribution in [2.24, 2.45) is 0 Å². The number of benzene rings is 1. The Morgan fingerprint density at radius 2 is 1.52 bits per heavy atom. The molecule has 0 radical (unpaired) electrons. The van der Waals surface area contributed by atoms with Gasteiger partial charge in [-0.1, -0.05) is 36.9 Å². The van der Waals surface area contributed by atoms with E-state index in [0.29, 0.717) is 52.0 Å². The van der Waals surface area contributed by atoms with Gasteiger partial charge in [0.25, 0.3) is 0 Å². The van der Waals surface area contributed by atoms with E-state index in [4.69, 9.17) is 24.1 Å². The van der Waals surface area contributed by atoms with Crippen LogP contribution in [0.4, 0.5) is 0 Å². The van der Waals surface area contributed by atoms with Crippen molar-refractivity contribution in [3.8, 4) is 0 Å². The molecule has 0 aliphatic heterocycles. The molecule has 0 aliphatic carbocycles. The average Bonchev–Trinajstić information content (AvgIpc) is 2.52. The van der Waals surface area contributed by atoms with Crippen LogP contribution in [0, 0.1) is 0 Å².